The molecule has 0 saturated carbocycles. The molecule has 1 heterocycles. The molecule has 1 saturated heterocycles. The molecule has 0 spiro atoms. The quantitative estimate of drug-likeness (QED) is 0.376. The highest BCUT2D eigenvalue weighted by atomic mass is 31.3. The Kier molecular flexibility index (Phi) is 4.84. The second kappa shape index (κ2) is 5.41. The fourth-order valence-corrected chi connectivity index (χ4v) is 2.63. The van der Waals surface area contributed by atoms with E-state index in [-0.39, 0.29) is 0 Å². The first kappa shape index (κ1) is 15.2. The number of rotatable bonds is 5. The summed E-state index contributed by atoms with van der Waals surface area (Å²) in [6.07, 6.45) is -3.78. The Hall–Kier alpha value is 0.140. The molecular weight excluding hydrogens is 282 g/mol. The van der Waals surface area contributed by atoms with Gasteiger partial charge in [-0.25, -0.2) is 9.13 Å². The molecule has 0 aromatic carbocycles. The van der Waals surface area contributed by atoms with Gasteiger partial charge in [-0.15, -0.1) is 0 Å². The minimum Gasteiger partial charge on any atom is -0.388 e. The Morgan fingerprint density at radius 2 is 1.82 bits per heavy atom. The van der Waals surface area contributed by atoms with E-state index in [0.29, 0.717) is 0 Å². The summed E-state index contributed by atoms with van der Waals surface area (Å²) in [4.78, 5) is 25.4. The van der Waals surface area contributed by atoms with E-state index in [2.05, 4.69) is 13.6 Å². The van der Waals surface area contributed by atoms with E-state index in [0.717, 1.165) is 6.61 Å². The summed E-state index contributed by atoms with van der Waals surface area (Å²) in [5.74, 6) is 0. The normalized spacial score (nSPS) is 33.6. The number of hydrogen-bond acceptors (Lipinski definition) is 7. The van der Waals surface area contributed by atoms with Gasteiger partial charge in [-0.1, -0.05) is 0 Å². The van der Waals surface area contributed by atoms with Crippen molar-refractivity contribution in [2.24, 2.45) is 0 Å². The van der Waals surface area contributed by atoms with E-state index < -0.39 is 40.6 Å². The average molecular weight is 293 g/mol. The summed E-state index contributed by atoms with van der Waals surface area (Å²) in [5.41, 5.74) is 0. The Labute approximate surface area is 95.6 Å². The molecule has 12 heteroatoms. The maximum absolute atomic E-state index is 11.0. The highest BCUT2D eigenvalue weighted by Crippen LogP contribution is 2.57. The zero-order valence-corrected chi connectivity index (χ0v) is 9.98. The second-order valence-electron chi connectivity index (χ2n) is 3.13. The fourth-order valence-electron chi connectivity index (χ4n) is 1.03. The summed E-state index contributed by atoms with van der Waals surface area (Å²) < 4.78 is 33.6. The van der Waals surface area contributed by atoms with Crippen LogP contribution in [-0.4, -0.2) is 49.8 Å². The SMILES string of the molecule is O=P(O)(O)OP(=O)(O)OC[C@H]1O[CH][C@H](O)[C@@H]1O. The molecule has 0 amide bonds. The Morgan fingerprint density at radius 1 is 1.24 bits per heavy atom. The molecule has 1 fully saturated rings. The molecule has 1 aliphatic heterocycles. The van der Waals surface area contributed by atoms with Crippen LogP contribution in [0.15, 0.2) is 0 Å². The van der Waals surface area contributed by atoms with Crippen LogP contribution in [0.3, 0.4) is 0 Å². The number of hydrogen-bond donors (Lipinski definition) is 5. The molecule has 1 radical (unpaired) electrons. The third-order valence-electron chi connectivity index (χ3n) is 1.74. The molecular formula is C5H11O10P2. The van der Waals surface area contributed by atoms with E-state index in [1.807, 2.05) is 0 Å². The van der Waals surface area contributed by atoms with E-state index in [9.17, 15) is 14.2 Å². The van der Waals surface area contributed by atoms with Gasteiger partial charge >= 0.3 is 15.6 Å². The van der Waals surface area contributed by atoms with Crippen LogP contribution in [0, 0.1) is 6.61 Å². The summed E-state index contributed by atoms with van der Waals surface area (Å²) in [6, 6.07) is 0. The lowest BCUT2D eigenvalue weighted by molar-refractivity contribution is -0.00331. The van der Waals surface area contributed by atoms with Crippen LogP contribution in [0.2, 0.25) is 0 Å². The third-order valence-corrected chi connectivity index (χ3v) is 3.89. The van der Waals surface area contributed by atoms with Crippen molar-refractivity contribution in [3.05, 3.63) is 6.61 Å². The first-order chi connectivity index (χ1) is 7.61. The van der Waals surface area contributed by atoms with Crippen molar-refractivity contribution in [3.63, 3.8) is 0 Å². The predicted molar refractivity (Wildman–Crippen MR) is 50.1 cm³/mol. The Bertz CT molecular complexity index is 351. The van der Waals surface area contributed by atoms with Crippen molar-refractivity contribution in [2.75, 3.05) is 6.61 Å². The number of aliphatic hydroxyl groups excluding tert-OH is 2. The lowest BCUT2D eigenvalue weighted by atomic mass is 10.2. The van der Waals surface area contributed by atoms with Crippen LogP contribution in [-0.2, 0) is 22.7 Å². The van der Waals surface area contributed by atoms with Gasteiger partial charge in [0.2, 0.25) is 0 Å². The summed E-state index contributed by atoms with van der Waals surface area (Å²) in [7, 11) is -10.1. The zero-order valence-electron chi connectivity index (χ0n) is 8.19. The van der Waals surface area contributed by atoms with Crippen LogP contribution in [0.25, 0.3) is 0 Å². The van der Waals surface area contributed by atoms with E-state index >= 15 is 0 Å². The lowest BCUT2D eigenvalue weighted by Crippen LogP contribution is -2.32. The molecule has 101 valence electrons. The molecule has 1 aliphatic rings. The Morgan fingerprint density at radius 3 is 2.24 bits per heavy atom. The molecule has 0 aromatic heterocycles. The first-order valence-corrected chi connectivity index (χ1v) is 7.22. The highest BCUT2D eigenvalue weighted by Gasteiger charge is 2.39. The van der Waals surface area contributed by atoms with Crippen LogP contribution in [0.5, 0.6) is 0 Å². The molecule has 0 aliphatic carbocycles. The standard InChI is InChI=1S/C5H11O10P2/c6-3-1-13-4(5(3)7)2-14-17(11,12)15-16(8,9)10/h1,3-7H,2H2,(H,11,12)(H2,8,9,10)/t3-,4+,5-/m0/s1. The van der Waals surface area contributed by atoms with Crippen LogP contribution >= 0.6 is 15.6 Å². The zero-order chi connectivity index (χ0) is 13.3. The van der Waals surface area contributed by atoms with Gasteiger partial charge in [0.15, 0.2) is 0 Å². The monoisotopic (exact) mass is 293 g/mol. The Balaban J connectivity index is 2.45. The van der Waals surface area contributed by atoms with Gasteiger partial charge in [0.25, 0.3) is 0 Å². The maximum Gasteiger partial charge on any atom is 0.481 e. The van der Waals surface area contributed by atoms with Crippen molar-refractivity contribution in [3.8, 4) is 0 Å². The van der Waals surface area contributed by atoms with Gasteiger partial charge < -0.3 is 29.6 Å². The van der Waals surface area contributed by atoms with Crippen molar-refractivity contribution >= 4 is 15.6 Å². The second-order valence-corrected chi connectivity index (χ2v) is 5.96. The average Bonchev–Trinajstić information content (AvgIpc) is 2.41. The summed E-state index contributed by atoms with van der Waals surface area (Å²) in [6.45, 7) is 0.202. The number of phosphoric ester groups is 1. The van der Waals surface area contributed by atoms with Gasteiger partial charge in [-0.05, 0) is 0 Å². The summed E-state index contributed by atoms with van der Waals surface area (Å²) >= 11 is 0. The first-order valence-electron chi connectivity index (χ1n) is 4.20. The molecule has 10 nitrogen and oxygen atoms in total. The summed E-state index contributed by atoms with van der Waals surface area (Å²) in [5, 5.41) is 18.2. The smallest absolute Gasteiger partial charge is 0.388 e. The molecule has 1 unspecified atom stereocenters. The maximum atomic E-state index is 11.0. The molecule has 17 heavy (non-hydrogen) atoms. The topological polar surface area (TPSA) is 163 Å². The molecule has 0 aromatic rings. The fraction of sp³-hybridized carbons (Fsp3) is 0.800. The molecule has 0 bridgehead atoms. The minimum atomic E-state index is -5.17. The van der Waals surface area contributed by atoms with Crippen molar-refractivity contribution in [1.29, 1.82) is 0 Å². The van der Waals surface area contributed by atoms with Crippen molar-refractivity contribution in [1.82, 2.24) is 0 Å². The van der Waals surface area contributed by atoms with Gasteiger partial charge in [0, 0.05) is 0 Å². The number of aliphatic hydroxyl groups is 2. The lowest BCUT2D eigenvalue weighted by Gasteiger charge is -2.17. The largest absolute Gasteiger partial charge is 0.481 e. The van der Waals surface area contributed by atoms with E-state index in [4.69, 9.17) is 19.8 Å². The van der Waals surface area contributed by atoms with Gasteiger partial charge in [0.1, 0.15) is 24.9 Å². The van der Waals surface area contributed by atoms with E-state index in [1.54, 1.807) is 0 Å². The molecule has 4 atom stereocenters. The van der Waals surface area contributed by atoms with Gasteiger partial charge in [-0.2, -0.15) is 4.31 Å². The third kappa shape index (κ3) is 5.11. The molecule has 1 rings (SSSR count). The van der Waals surface area contributed by atoms with Crippen LogP contribution in [0.1, 0.15) is 0 Å². The number of phosphoric acid groups is 2. The molecule has 5 N–H and O–H groups in total. The van der Waals surface area contributed by atoms with E-state index in [1.165, 1.54) is 0 Å². The van der Waals surface area contributed by atoms with Crippen LogP contribution < -0.4 is 0 Å². The van der Waals surface area contributed by atoms with Gasteiger partial charge in [-0.3, -0.25) is 4.52 Å². The van der Waals surface area contributed by atoms with Crippen molar-refractivity contribution < 1.29 is 47.6 Å². The van der Waals surface area contributed by atoms with Crippen molar-refractivity contribution in [2.45, 2.75) is 18.3 Å². The minimum absolute atomic E-state index is 0.692. The van der Waals surface area contributed by atoms with Gasteiger partial charge in [0.05, 0.1) is 6.61 Å². The highest BCUT2D eigenvalue weighted by molar-refractivity contribution is 7.60. The number of ether oxygens (including phenoxy) is 1. The van der Waals surface area contributed by atoms with Crippen LogP contribution in [0.4, 0.5) is 0 Å². The predicted octanol–water partition coefficient (Wildman–Crippen LogP) is -1.50.